The Morgan fingerprint density at radius 2 is 1.82 bits per heavy atom. The third-order valence-electron chi connectivity index (χ3n) is 4.30. The van der Waals surface area contributed by atoms with Crippen LogP contribution in [0.3, 0.4) is 0 Å². The van der Waals surface area contributed by atoms with Crippen LogP contribution in [0.4, 0.5) is 16.2 Å². The van der Waals surface area contributed by atoms with Gasteiger partial charge < -0.3 is 15.0 Å². The molecule has 1 aliphatic heterocycles. The minimum atomic E-state index is -0.480. The Hall–Kier alpha value is -2.49. The normalized spacial score (nSPS) is 14.2. The molecule has 3 rings (SSSR count). The smallest absolute Gasteiger partial charge is 0.327 e. The van der Waals surface area contributed by atoms with Gasteiger partial charge in [0, 0.05) is 39.1 Å². The molecule has 1 fully saturated rings. The van der Waals surface area contributed by atoms with Gasteiger partial charge in [0.25, 0.3) is 0 Å². The first kappa shape index (κ1) is 21.8. The van der Waals surface area contributed by atoms with Gasteiger partial charge in [0.05, 0.1) is 0 Å². The van der Waals surface area contributed by atoms with Crippen molar-refractivity contribution in [2.45, 2.75) is 32.6 Å². The van der Waals surface area contributed by atoms with Crippen molar-refractivity contribution in [1.29, 1.82) is 0 Å². The summed E-state index contributed by atoms with van der Waals surface area (Å²) in [4.78, 5) is 37.9. The van der Waals surface area contributed by atoms with Gasteiger partial charge in [-0.05, 0) is 23.2 Å². The van der Waals surface area contributed by atoms with E-state index in [1.807, 2.05) is 45.0 Å². The van der Waals surface area contributed by atoms with Gasteiger partial charge in [0.2, 0.25) is 5.91 Å². The van der Waals surface area contributed by atoms with Crippen molar-refractivity contribution in [2.24, 2.45) is 0 Å². The zero-order chi connectivity index (χ0) is 19.6. The Bertz CT molecular complexity index is 892. The van der Waals surface area contributed by atoms with Crippen LogP contribution in [0.1, 0.15) is 43.1 Å². The molecule has 7 heteroatoms. The van der Waals surface area contributed by atoms with Crippen LogP contribution < -0.4 is 15.5 Å². The topological polar surface area (TPSA) is 78.5 Å². The van der Waals surface area contributed by atoms with Crippen LogP contribution in [0.15, 0.2) is 42.5 Å². The van der Waals surface area contributed by atoms with Crippen LogP contribution in [-0.2, 0) is 30.6 Å². The quantitative estimate of drug-likeness (QED) is 0.575. The van der Waals surface area contributed by atoms with Crippen LogP contribution in [0.5, 0.6) is 0 Å². The van der Waals surface area contributed by atoms with E-state index in [4.69, 9.17) is 0 Å². The minimum absolute atomic E-state index is 0. The molecule has 2 aromatic carbocycles. The average molecular weight is 551 g/mol. The number of nitrogens with one attached hydrogen (secondary N) is 2. The fraction of sp³-hybridized carbons (Fsp3) is 0.286. The summed E-state index contributed by atoms with van der Waals surface area (Å²) in [6, 6.07) is 15.3. The number of hydrogen-bond donors (Lipinski definition) is 2. The number of hydrogen-bond acceptors (Lipinski definition) is 3. The Morgan fingerprint density at radius 1 is 1.14 bits per heavy atom. The summed E-state index contributed by atoms with van der Waals surface area (Å²) in [6.07, 6.45) is 0.223. The van der Waals surface area contributed by atoms with E-state index in [1.54, 1.807) is 18.2 Å². The van der Waals surface area contributed by atoms with Crippen LogP contribution in [0.2, 0.25) is 0 Å². The molecule has 1 heterocycles. The van der Waals surface area contributed by atoms with Gasteiger partial charge in [-0.1, -0.05) is 44.5 Å². The Balaban J connectivity index is 0.00000280. The Morgan fingerprint density at radius 3 is 2.43 bits per heavy atom. The molecule has 0 bridgehead atoms. The molecule has 28 heavy (non-hydrogen) atoms. The number of nitrogens with zero attached hydrogens (tertiary/aromatic N) is 1. The molecule has 2 aromatic rings. The molecule has 2 N–H and O–H groups in total. The fourth-order valence-corrected chi connectivity index (χ4v) is 2.77. The maximum absolute atomic E-state index is 12.7. The second-order valence-corrected chi connectivity index (χ2v) is 7.49. The predicted octanol–water partition coefficient (Wildman–Crippen LogP) is 3.48. The van der Waals surface area contributed by atoms with Crippen molar-refractivity contribution < 1.29 is 34.8 Å². The fourth-order valence-electron chi connectivity index (χ4n) is 2.77. The van der Waals surface area contributed by atoms with Gasteiger partial charge in [0.1, 0.15) is 0 Å². The molecule has 0 aliphatic carbocycles. The largest absolute Gasteiger partial charge is 0.362 e. The second-order valence-electron chi connectivity index (χ2n) is 7.49. The monoisotopic (exact) mass is 551 g/mol. The van der Waals surface area contributed by atoms with Crippen LogP contribution in [0.25, 0.3) is 0 Å². The number of benzene rings is 2. The summed E-state index contributed by atoms with van der Waals surface area (Å²) < 4.78 is 0. The van der Waals surface area contributed by atoms with Gasteiger partial charge in [-0.2, -0.15) is 0 Å². The average Bonchev–Trinajstić information content (AvgIpc) is 2.61. The second kappa shape index (κ2) is 8.68. The third-order valence-corrected chi connectivity index (χ3v) is 4.30. The zero-order valence-corrected chi connectivity index (χ0v) is 18.7. The zero-order valence-electron chi connectivity index (χ0n) is 16.0. The Labute approximate surface area is 178 Å². The van der Waals surface area contributed by atoms with Crippen molar-refractivity contribution >= 4 is 29.2 Å². The number of imide groups is 1. The minimum Gasteiger partial charge on any atom is -0.362 e. The van der Waals surface area contributed by atoms with E-state index in [1.165, 1.54) is 4.90 Å². The molecule has 4 amide bonds. The van der Waals surface area contributed by atoms with Crippen molar-refractivity contribution in [3.05, 3.63) is 59.7 Å². The van der Waals surface area contributed by atoms with Gasteiger partial charge in [-0.15, -0.1) is 23.8 Å². The number of carbonyl (C=O) groups is 3. The first-order valence-electron chi connectivity index (χ1n) is 8.79. The number of para-hydroxylation sites is 1. The summed E-state index contributed by atoms with van der Waals surface area (Å²) >= 11 is 0. The van der Waals surface area contributed by atoms with Crippen LogP contribution in [-0.4, -0.2) is 24.4 Å². The van der Waals surface area contributed by atoms with E-state index in [2.05, 4.69) is 16.7 Å². The number of anilines is 2. The number of rotatable bonds is 3. The van der Waals surface area contributed by atoms with Crippen molar-refractivity contribution in [2.75, 3.05) is 16.8 Å². The molecule has 0 saturated carbocycles. The summed E-state index contributed by atoms with van der Waals surface area (Å²) in [5.41, 5.74) is 2.13. The van der Waals surface area contributed by atoms with Crippen molar-refractivity contribution in [3.8, 4) is 0 Å². The summed E-state index contributed by atoms with van der Waals surface area (Å²) in [6.45, 7) is 6.32. The van der Waals surface area contributed by atoms with E-state index in [0.29, 0.717) is 16.9 Å². The molecule has 0 spiro atoms. The first-order valence-corrected chi connectivity index (χ1v) is 8.79. The standard InChI is InChI=1S/C21H22N3O3.Re/c1-21(2,3)15-11-14(19(26)22-16-7-5-4-6-8-16)12-17(13-15)24-10-9-18(25)23-20(24)27;/h4-8,12-13H,9-10H2,1-3H3,(H,22,26)(H,23,25,27);/q-1;. The molecular weight excluding hydrogens is 528 g/mol. The van der Waals surface area contributed by atoms with Crippen molar-refractivity contribution in [3.63, 3.8) is 0 Å². The molecule has 0 unspecified atom stereocenters. The molecule has 1 aliphatic rings. The van der Waals surface area contributed by atoms with E-state index in [9.17, 15) is 14.4 Å². The molecule has 147 valence electrons. The SMILES string of the molecule is CC(C)(C)c1[c-]c(C(=O)Nc2ccccc2)cc(N2CCC(=O)NC2=O)c1.[Re]. The Kier molecular flexibility index (Phi) is 6.76. The van der Waals surface area contributed by atoms with E-state index >= 15 is 0 Å². The predicted molar refractivity (Wildman–Crippen MR) is 104 cm³/mol. The molecule has 1 saturated heterocycles. The summed E-state index contributed by atoms with van der Waals surface area (Å²) in [5, 5.41) is 5.15. The number of amides is 4. The van der Waals surface area contributed by atoms with Gasteiger partial charge in [-0.25, -0.2) is 4.79 Å². The van der Waals surface area contributed by atoms with Gasteiger partial charge >= 0.3 is 6.03 Å². The molecule has 0 atom stereocenters. The number of urea groups is 1. The van der Waals surface area contributed by atoms with E-state index < -0.39 is 6.03 Å². The van der Waals surface area contributed by atoms with Crippen LogP contribution in [0, 0.1) is 6.07 Å². The van der Waals surface area contributed by atoms with E-state index in [0.717, 1.165) is 5.56 Å². The van der Waals surface area contributed by atoms with Gasteiger partial charge in [-0.3, -0.25) is 10.1 Å². The van der Waals surface area contributed by atoms with Crippen molar-refractivity contribution in [1.82, 2.24) is 5.32 Å². The maximum atomic E-state index is 12.7. The summed E-state index contributed by atoms with van der Waals surface area (Å²) in [7, 11) is 0. The number of carbonyl (C=O) groups excluding carboxylic acids is 3. The van der Waals surface area contributed by atoms with Crippen LogP contribution >= 0.6 is 0 Å². The summed E-state index contributed by atoms with van der Waals surface area (Å²) in [5.74, 6) is -0.598. The molecule has 0 aromatic heterocycles. The molecule has 1 radical (unpaired) electrons. The first-order chi connectivity index (χ1) is 12.7. The van der Waals surface area contributed by atoms with E-state index in [-0.39, 0.29) is 50.6 Å². The maximum Gasteiger partial charge on any atom is 0.327 e. The third kappa shape index (κ3) is 5.06. The molecule has 6 nitrogen and oxygen atoms in total. The molecular formula is C21H22N3O3Re-. The van der Waals surface area contributed by atoms with Gasteiger partial charge in [0.15, 0.2) is 5.91 Å².